The number of allylic oxidation sites excluding steroid dienone is 2. The second-order valence-corrected chi connectivity index (χ2v) is 13.5. The number of aldehydes is 1. The number of likely N-dealkylation sites (tertiary alicyclic amines) is 2. The Balaban J connectivity index is 0.000000339. The van der Waals surface area contributed by atoms with E-state index in [1.807, 2.05) is 0 Å². The number of piperidine rings is 2. The first-order valence-corrected chi connectivity index (χ1v) is 17.5. The highest BCUT2D eigenvalue weighted by molar-refractivity contribution is 8.02. The molecule has 0 unspecified atom stereocenters. The van der Waals surface area contributed by atoms with Crippen molar-refractivity contribution in [2.45, 2.75) is 106 Å². The van der Waals surface area contributed by atoms with Gasteiger partial charge in [0.05, 0.1) is 0 Å². The van der Waals surface area contributed by atoms with Crippen molar-refractivity contribution in [1.29, 1.82) is 0 Å². The van der Waals surface area contributed by atoms with Crippen molar-refractivity contribution in [3.63, 3.8) is 0 Å². The van der Waals surface area contributed by atoms with Crippen LogP contribution in [0.2, 0.25) is 0 Å². The minimum Gasteiger partial charge on any atom is -0.343 e. The van der Waals surface area contributed by atoms with Crippen LogP contribution in [0.4, 0.5) is 0 Å². The van der Waals surface area contributed by atoms with E-state index in [0.29, 0.717) is 18.7 Å². The summed E-state index contributed by atoms with van der Waals surface area (Å²) < 4.78 is 0. The maximum Gasteiger partial charge on any atom is 0.222 e. The van der Waals surface area contributed by atoms with Gasteiger partial charge in [0.1, 0.15) is 6.29 Å². The van der Waals surface area contributed by atoms with Gasteiger partial charge < -0.3 is 14.6 Å². The number of carbonyl (C=O) groups excluding carboxylic acids is 2. The van der Waals surface area contributed by atoms with Crippen LogP contribution in [0, 0.1) is 30.6 Å². The first kappa shape index (κ1) is 37.4. The zero-order valence-corrected chi connectivity index (χ0v) is 28.6. The molecular weight excluding hydrogens is 524 g/mol. The number of aryl methyl sites for hydroxylation is 2. The number of benzene rings is 1. The summed E-state index contributed by atoms with van der Waals surface area (Å²) in [6.07, 6.45) is 15.8. The Labute approximate surface area is 258 Å². The van der Waals surface area contributed by atoms with Gasteiger partial charge in [0.25, 0.3) is 0 Å². The summed E-state index contributed by atoms with van der Waals surface area (Å²) in [7, 11) is 2.22. The van der Waals surface area contributed by atoms with Crippen molar-refractivity contribution in [3.8, 4) is 0 Å². The van der Waals surface area contributed by atoms with Crippen LogP contribution in [0.15, 0.2) is 35.2 Å². The van der Waals surface area contributed by atoms with Gasteiger partial charge in [-0.25, -0.2) is 0 Å². The van der Waals surface area contributed by atoms with Gasteiger partial charge in [-0.1, -0.05) is 65.0 Å². The van der Waals surface area contributed by atoms with E-state index >= 15 is 0 Å². The standard InChI is InChI=1S/C18H27NO.C9H19N.C9H16OS/c1-14(2)16-10-12-19(13-11-16)18(20)9-8-17-7-5-4-6-15(17)3;1-8(2)9-4-6-10(3)7-5-9;1-3-6-9(11-2)7-4-5-8-10/h4-7,14,16H,8-13H2,1-3H3;8-9H,4-7H2,1-3H3;6,8H,3-5,7H2,1-2H3/b;;9-6-. The minimum atomic E-state index is 0.329. The number of thioether (sulfide) groups is 1. The summed E-state index contributed by atoms with van der Waals surface area (Å²) in [5.74, 6) is 3.77. The average molecular weight is 587 g/mol. The number of rotatable bonds is 11. The maximum absolute atomic E-state index is 12.3. The second kappa shape index (κ2) is 22.0. The molecule has 0 radical (unpaired) electrons. The lowest BCUT2D eigenvalue weighted by molar-refractivity contribution is -0.132. The van der Waals surface area contributed by atoms with Gasteiger partial charge in [0.15, 0.2) is 0 Å². The summed E-state index contributed by atoms with van der Waals surface area (Å²) >= 11 is 1.79. The highest BCUT2D eigenvalue weighted by Crippen LogP contribution is 2.25. The second-order valence-electron chi connectivity index (χ2n) is 12.6. The molecule has 41 heavy (non-hydrogen) atoms. The zero-order valence-electron chi connectivity index (χ0n) is 27.8. The molecule has 1 aromatic carbocycles. The highest BCUT2D eigenvalue weighted by atomic mass is 32.2. The fourth-order valence-electron chi connectivity index (χ4n) is 5.68. The van der Waals surface area contributed by atoms with E-state index in [1.54, 1.807) is 11.8 Å². The third-order valence-corrected chi connectivity index (χ3v) is 9.74. The summed E-state index contributed by atoms with van der Waals surface area (Å²) in [6.45, 7) is 18.0. The van der Waals surface area contributed by atoms with Gasteiger partial charge in [0, 0.05) is 25.9 Å². The lowest BCUT2D eigenvalue weighted by Gasteiger charge is -2.34. The van der Waals surface area contributed by atoms with Crippen molar-refractivity contribution in [3.05, 3.63) is 46.4 Å². The molecule has 5 heteroatoms. The van der Waals surface area contributed by atoms with Gasteiger partial charge >= 0.3 is 0 Å². The number of amides is 1. The Morgan fingerprint density at radius 2 is 1.51 bits per heavy atom. The van der Waals surface area contributed by atoms with Crippen LogP contribution in [-0.2, 0) is 16.0 Å². The highest BCUT2D eigenvalue weighted by Gasteiger charge is 2.24. The van der Waals surface area contributed by atoms with E-state index in [4.69, 9.17) is 0 Å². The molecule has 1 amide bonds. The van der Waals surface area contributed by atoms with Gasteiger partial charge in [-0.2, -0.15) is 0 Å². The van der Waals surface area contributed by atoms with Crippen LogP contribution in [0.1, 0.15) is 104 Å². The monoisotopic (exact) mass is 586 g/mol. The number of hydrogen-bond donors (Lipinski definition) is 0. The Bertz CT molecular complexity index is 866. The van der Waals surface area contributed by atoms with Crippen LogP contribution in [0.25, 0.3) is 0 Å². The molecule has 0 N–H and O–H groups in total. The minimum absolute atomic E-state index is 0.329. The molecule has 2 aliphatic heterocycles. The SMILES string of the molecule is CC(C)C1CCN(C)CC1.CC/C=C(/CCCC=O)SC.Cc1ccccc1CCC(=O)N1CCC(C(C)C)CC1. The molecule has 2 saturated heterocycles. The number of nitrogens with zero attached hydrogens (tertiary/aromatic N) is 2. The molecule has 2 aliphatic rings. The number of carbonyl (C=O) groups is 2. The predicted octanol–water partition coefficient (Wildman–Crippen LogP) is 8.82. The van der Waals surface area contributed by atoms with Crippen molar-refractivity contribution >= 4 is 24.0 Å². The zero-order chi connectivity index (χ0) is 30.6. The topological polar surface area (TPSA) is 40.6 Å². The summed E-state index contributed by atoms with van der Waals surface area (Å²) in [6, 6.07) is 8.36. The summed E-state index contributed by atoms with van der Waals surface area (Å²) in [5, 5.41) is 0. The molecule has 0 aliphatic carbocycles. The van der Waals surface area contributed by atoms with E-state index in [2.05, 4.69) is 95.0 Å². The fourth-order valence-corrected chi connectivity index (χ4v) is 6.36. The van der Waals surface area contributed by atoms with Gasteiger partial charge in [-0.15, -0.1) is 11.8 Å². The Kier molecular flexibility index (Phi) is 20.1. The molecule has 2 fully saturated rings. The molecule has 2 heterocycles. The quantitative estimate of drug-likeness (QED) is 0.192. The third kappa shape index (κ3) is 16.0. The van der Waals surface area contributed by atoms with Crippen LogP contribution < -0.4 is 0 Å². The normalized spacial score (nSPS) is 17.1. The van der Waals surface area contributed by atoms with Crippen molar-refractivity contribution in [1.82, 2.24) is 9.80 Å². The van der Waals surface area contributed by atoms with E-state index < -0.39 is 0 Å². The van der Waals surface area contributed by atoms with E-state index in [0.717, 1.165) is 68.7 Å². The maximum atomic E-state index is 12.3. The molecule has 0 bridgehead atoms. The molecule has 0 atom stereocenters. The molecule has 3 rings (SSSR count). The first-order chi connectivity index (χ1) is 19.6. The van der Waals surface area contributed by atoms with Crippen LogP contribution >= 0.6 is 11.8 Å². The molecule has 0 spiro atoms. The Hall–Kier alpha value is -1.59. The first-order valence-electron chi connectivity index (χ1n) is 16.3. The fraction of sp³-hybridized carbons (Fsp3) is 0.722. The van der Waals surface area contributed by atoms with Gasteiger partial charge in [-0.3, -0.25) is 4.79 Å². The van der Waals surface area contributed by atoms with E-state index in [1.165, 1.54) is 54.8 Å². The summed E-state index contributed by atoms with van der Waals surface area (Å²) in [5.41, 5.74) is 2.59. The van der Waals surface area contributed by atoms with Crippen molar-refractivity contribution < 1.29 is 9.59 Å². The van der Waals surface area contributed by atoms with Gasteiger partial charge in [0.2, 0.25) is 5.91 Å². The van der Waals surface area contributed by atoms with Crippen molar-refractivity contribution in [2.24, 2.45) is 23.7 Å². The molecule has 0 saturated carbocycles. The Morgan fingerprint density at radius 1 is 0.951 bits per heavy atom. The third-order valence-electron chi connectivity index (χ3n) is 8.85. The molecule has 0 aromatic heterocycles. The van der Waals surface area contributed by atoms with Crippen LogP contribution in [0.3, 0.4) is 0 Å². The number of unbranched alkanes of at least 4 members (excludes halogenated alkanes) is 1. The molecular formula is C36H62N2O2S. The number of hydrogen-bond acceptors (Lipinski definition) is 4. The van der Waals surface area contributed by atoms with Crippen molar-refractivity contribution in [2.75, 3.05) is 39.5 Å². The lowest BCUT2D eigenvalue weighted by Crippen LogP contribution is -2.39. The van der Waals surface area contributed by atoms with E-state index in [-0.39, 0.29) is 0 Å². The summed E-state index contributed by atoms with van der Waals surface area (Å²) in [4.78, 5) is 28.2. The average Bonchev–Trinajstić information content (AvgIpc) is 2.97. The molecule has 1 aromatic rings. The van der Waals surface area contributed by atoms with E-state index in [9.17, 15) is 9.59 Å². The van der Waals surface area contributed by atoms with Crippen LogP contribution in [-0.4, -0.2) is 61.5 Å². The van der Waals surface area contributed by atoms with Gasteiger partial charge in [-0.05, 0) is 124 Å². The molecule has 4 nitrogen and oxygen atoms in total. The molecule has 234 valence electrons. The largest absolute Gasteiger partial charge is 0.343 e. The Morgan fingerprint density at radius 3 is 2.00 bits per heavy atom. The van der Waals surface area contributed by atoms with Crippen LogP contribution in [0.5, 0.6) is 0 Å². The smallest absolute Gasteiger partial charge is 0.222 e. The lowest BCUT2D eigenvalue weighted by atomic mass is 9.86. The predicted molar refractivity (Wildman–Crippen MR) is 181 cm³/mol.